The molecule has 0 aromatic heterocycles. The van der Waals surface area contributed by atoms with Gasteiger partial charge < -0.3 is 33.2 Å². The predicted octanol–water partition coefficient (Wildman–Crippen LogP) is 1.69. The molecule has 1 unspecified atom stereocenters. The average Bonchev–Trinajstić information content (AvgIpc) is 2.70. The summed E-state index contributed by atoms with van der Waals surface area (Å²) in [4.78, 5) is 0. The van der Waals surface area contributed by atoms with Crippen LogP contribution >= 0.6 is 0 Å². The van der Waals surface area contributed by atoms with Crippen molar-refractivity contribution in [2.24, 2.45) is 0 Å². The fourth-order valence-corrected chi connectivity index (χ4v) is 2.39. The second kappa shape index (κ2) is 15.9. The van der Waals surface area contributed by atoms with Crippen molar-refractivity contribution in [1.29, 1.82) is 0 Å². The molecule has 0 amide bonds. The molecule has 0 N–H and O–H groups in total. The zero-order valence-corrected chi connectivity index (χ0v) is 16.0. The second-order valence-electron chi connectivity index (χ2n) is 6.02. The largest absolute Gasteiger partial charge is 0.377 e. The van der Waals surface area contributed by atoms with E-state index in [9.17, 15) is 0 Å². The van der Waals surface area contributed by atoms with Crippen molar-refractivity contribution < 1.29 is 33.2 Å². The molecule has 7 nitrogen and oxygen atoms in total. The van der Waals surface area contributed by atoms with E-state index in [-0.39, 0.29) is 6.10 Å². The number of rotatable bonds is 4. The first-order chi connectivity index (χ1) is 13.4. The average molecular weight is 384 g/mol. The highest BCUT2D eigenvalue weighted by Crippen LogP contribution is 2.03. The lowest BCUT2D eigenvalue weighted by Crippen LogP contribution is -2.28. The van der Waals surface area contributed by atoms with Gasteiger partial charge in [0.15, 0.2) is 0 Å². The summed E-state index contributed by atoms with van der Waals surface area (Å²) in [6, 6.07) is 10.1. The number of ether oxygens (including phenoxy) is 7. The molecule has 154 valence electrons. The van der Waals surface area contributed by atoms with Gasteiger partial charge in [0.1, 0.15) is 6.10 Å². The van der Waals surface area contributed by atoms with Gasteiger partial charge in [-0.1, -0.05) is 30.3 Å². The van der Waals surface area contributed by atoms with Gasteiger partial charge in [-0.25, -0.2) is 0 Å². The van der Waals surface area contributed by atoms with Crippen LogP contribution in [0.25, 0.3) is 0 Å². The van der Waals surface area contributed by atoms with Gasteiger partial charge >= 0.3 is 0 Å². The number of hydrogen-bond donors (Lipinski definition) is 0. The van der Waals surface area contributed by atoms with Gasteiger partial charge in [0.25, 0.3) is 0 Å². The summed E-state index contributed by atoms with van der Waals surface area (Å²) in [5, 5.41) is 0. The van der Waals surface area contributed by atoms with E-state index in [2.05, 4.69) is 0 Å². The van der Waals surface area contributed by atoms with Crippen LogP contribution in [-0.4, -0.2) is 85.4 Å². The predicted molar refractivity (Wildman–Crippen MR) is 99.9 cm³/mol. The fraction of sp³-hybridized carbons (Fsp3) is 0.700. The molecule has 27 heavy (non-hydrogen) atoms. The minimum Gasteiger partial charge on any atom is -0.377 e. The molecule has 1 heterocycles. The van der Waals surface area contributed by atoms with Crippen molar-refractivity contribution in [1.82, 2.24) is 0 Å². The van der Waals surface area contributed by atoms with E-state index < -0.39 is 0 Å². The Morgan fingerprint density at radius 1 is 0.667 bits per heavy atom. The SMILES string of the molecule is c1ccc(COCC2COCCOCCOCCOCCOCCO2)cc1. The quantitative estimate of drug-likeness (QED) is 0.783. The first-order valence-electron chi connectivity index (χ1n) is 9.57. The Balaban J connectivity index is 1.67. The molecule has 2 rings (SSSR count). The van der Waals surface area contributed by atoms with Gasteiger partial charge in [-0.2, -0.15) is 0 Å². The third-order valence-corrected chi connectivity index (χ3v) is 3.79. The normalized spacial score (nSPS) is 22.6. The van der Waals surface area contributed by atoms with Crippen molar-refractivity contribution in [2.75, 3.05) is 79.3 Å². The molecule has 0 radical (unpaired) electrons. The Hall–Kier alpha value is -1.06. The molecule has 1 atom stereocenters. The van der Waals surface area contributed by atoms with Crippen LogP contribution in [0.1, 0.15) is 5.56 Å². The monoisotopic (exact) mass is 384 g/mol. The highest BCUT2D eigenvalue weighted by atomic mass is 16.6. The fourth-order valence-electron chi connectivity index (χ4n) is 2.39. The highest BCUT2D eigenvalue weighted by molar-refractivity contribution is 5.13. The molecule has 1 aliphatic rings. The Kier molecular flexibility index (Phi) is 13.1. The van der Waals surface area contributed by atoms with Crippen molar-refractivity contribution in [2.45, 2.75) is 12.7 Å². The molecule has 1 saturated heterocycles. The molecule has 0 saturated carbocycles. The topological polar surface area (TPSA) is 64.6 Å². The highest BCUT2D eigenvalue weighted by Gasteiger charge is 2.10. The van der Waals surface area contributed by atoms with E-state index in [1.165, 1.54) is 0 Å². The summed E-state index contributed by atoms with van der Waals surface area (Å²) < 4.78 is 39.1. The van der Waals surface area contributed by atoms with Gasteiger partial charge in [0, 0.05) is 0 Å². The van der Waals surface area contributed by atoms with Crippen LogP contribution in [-0.2, 0) is 39.8 Å². The maximum Gasteiger partial charge on any atom is 0.104 e. The van der Waals surface area contributed by atoms with E-state index in [1.54, 1.807) is 0 Å². The molecule has 0 aliphatic carbocycles. The summed E-state index contributed by atoms with van der Waals surface area (Å²) >= 11 is 0. The number of hydrogen-bond acceptors (Lipinski definition) is 7. The Morgan fingerprint density at radius 3 is 1.78 bits per heavy atom. The molecule has 0 spiro atoms. The minimum atomic E-state index is -0.143. The Labute approximate surface area is 161 Å². The molecule has 7 heteroatoms. The lowest BCUT2D eigenvalue weighted by Gasteiger charge is -2.19. The summed E-state index contributed by atoms with van der Waals surface area (Å²) in [6.07, 6.45) is -0.143. The molecule has 1 aliphatic heterocycles. The van der Waals surface area contributed by atoms with E-state index in [0.717, 1.165) is 5.56 Å². The molecule has 1 aromatic rings. The van der Waals surface area contributed by atoms with Gasteiger partial charge in [-0.3, -0.25) is 0 Å². The molecule has 1 fully saturated rings. The summed E-state index contributed by atoms with van der Waals surface area (Å²) in [6.45, 7) is 6.83. The summed E-state index contributed by atoms with van der Waals surface area (Å²) in [5.41, 5.74) is 1.14. The maximum atomic E-state index is 5.85. The van der Waals surface area contributed by atoms with Gasteiger partial charge in [0.05, 0.1) is 85.9 Å². The minimum absolute atomic E-state index is 0.143. The molecular formula is C20H32O7. The van der Waals surface area contributed by atoms with E-state index in [1.807, 2.05) is 30.3 Å². The third kappa shape index (κ3) is 12.1. The molecule has 0 bridgehead atoms. The van der Waals surface area contributed by atoms with Gasteiger partial charge in [0.2, 0.25) is 0 Å². The zero-order chi connectivity index (χ0) is 18.8. The van der Waals surface area contributed by atoms with Crippen molar-refractivity contribution >= 4 is 0 Å². The van der Waals surface area contributed by atoms with E-state index in [0.29, 0.717) is 85.9 Å². The smallest absolute Gasteiger partial charge is 0.104 e. The van der Waals surface area contributed by atoms with Crippen molar-refractivity contribution in [3.8, 4) is 0 Å². The maximum absolute atomic E-state index is 5.85. The lowest BCUT2D eigenvalue weighted by molar-refractivity contribution is -0.0865. The van der Waals surface area contributed by atoms with Crippen molar-refractivity contribution in [3.63, 3.8) is 0 Å². The van der Waals surface area contributed by atoms with Gasteiger partial charge in [-0.15, -0.1) is 0 Å². The zero-order valence-electron chi connectivity index (χ0n) is 16.0. The summed E-state index contributed by atoms with van der Waals surface area (Å²) in [7, 11) is 0. The van der Waals surface area contributed by atoms with Crippen molar-refractivity contribution in [3.05, 3.63) is 35.9 Å². The first kappa shape index (κ1) is 22.2. The van der Waals surface area contributed by atoms with E-state index in [4.69, 9.17) is 33.2 Å². The van der Waals surface area contributed by atoms with Crippen LogP contribution < -0.4 is 0 Å². The van der Waals surface area contributed by atoms with Crippen LogP contribution in [0.3, 0.4) is 0 Å². The summed E-state index contributed by atoms with van der Waals surface area (Å²) in [5.74, 6) is 0. The molecular weight excluding hydrogens is 352 g/mol. The molecule has 1 aromatic carbocycles. The van der Waals surface area contributed by atoms with Crippen LogP contribution in [0.5, 0.6) is 0 Å². The van der Waals surface area contributed by atoms with Crippen LogP contribution in [0, 0.1) is 0 Å². The van der Waals surface area contributed by atoms with Crippen LogP contribution in [0.4, 0.5) is 0 Å². The Bertz CT molecular complexity index is 425. The standard InChI is InChI=1S/C20H32O7/c1-2-4-19(5-3-1)16-26-18-20-17-25-13-12-23-9-8-21-6-7-22-10-11-24-14-15-27-20/h1-5,20H,6-18H2. The third-order valence-electron chi connectivity index (χ3n) is 3.79. The second-order valence-corrected chi connectivity index (χ2v) is 6.02. The van der Waals surface area contributed by atoms with Gasteiger partial charge in [-0.05, 0) is 5.56 Å². The first-order valence-corrected chi connectivity index (χ1v) is 9.57. The lowest BCUT2D eigenvalue weighted by atomic mass is 10.2. The van der Waals surface area contributed by atoms with Crippen LogP contribution in [0.2, 0.25) is 0 Å². The Morgan fingerprint density at radius 2 is 1.19 bits per heavy atom. The van der Waals surface area contributed by atoms with Crippen LogP contribution in [0.15, 0.2) is 30.3 Å². The number of benzene rings is 1. The van der Waals surface area contributed by atoms with E-state index >= 15 is 0 Å².